The van der Waals surface area contributed by atoms with Gasteiger partial charge in [0.05, 0.1) is 5.41 Å². The third-order valence-corrected chi connectivity index (χ3v) is 6.66. The van der Waals surface area contributed by atoms with Crippen LogP contribution in [0, 0.1) is 5.41 Å². The Morgan fingerprint density at radius 2 is 1.67 bits per heavy atom. The van der Waals surface area contributed by atoms with Crippen molar-refractivity contribution in [1.29, 1.82) is 0 Å². The molecule has 6 heteroatoms. The van der Waals surface area contributed by atoms with Crippen LogP contribution in [0.1, 0.15) is 50.5 Å². The number of nitrogens with zero attached hydrogens (tertiary/aromatic N) is 4. The normalized spacial score (nSPS) is 18.9. The fourth-order valence-electron chi connectivity index (χ4n) is 4.94. The number of guanidine groups is 1. The number of benzene rings is 1. The maximum atomic E-state index is 12.8. The molecule has 3 rings (SSSR count). The van der Waals surface area contributed by atoms with Gasteiger partial charge in [-0.15, -0.1) is 0 Å². The van der Waals surface area contributed by atoms with Crippen LogP contribution in [0.3, 0.4) is 0 Å². The van der Waals surface area contributed by atoms with Crippen LogP contribution in [-0.4, -0.2) is 69.5 Å². The van der Waals surface area contributed by atoms with Gasteiger partial charge in [-0.1, -0.05) is 25.0 Å². The van der Waals surface area contributed by atoms with E-state index >= 15 is 0 Å². The minimum atomic E-state index is -0.295. The second-order valence-electron chi connectivity index (χ2n) is 9.16. The molecule has 1 aliphatic heterocycles. The number of anilines is 1. The number of carbonyl (C=O) groups excluding carboxylic acids is 1. The van der Waals surface area contributed by atoms with Crippen molar-refractivity contribution >= 4 is 17.6 Å². The summed E-state index contributed by atoms with van der Waals surface area (Å²) in [5, 5.41) is 3.49. The van der Waals surface area contributed by atoms with Crippen molar-refractivity contribution < 1.29 is 4.79 Å². The van der Waals surface area contributed by atoms with Crippen LogP contribution < -0.4 is 10.2 Å². The SMILES string of the molecule is CN=C(NCC1(C(=O)N(C)C)CCCC1)N(C)Cc1ccc(N2CCCCC2)cc1. The van der Waals surface area contributed by atoms with Gasteiger partial charge in [-0.3, -0.25) is 9.79 Å². The fourth-order valence-corrected chi connectivity index (χ4v) is 4.94. The number of hydrogen-bond acceptors (Lipinski definition) is 3. The van der Waals surface area contributed by atoms with Crippen LogP contribution in [0.2, 0.25) is 0 Å². The van der Waals surface area contributed by atoms with E-state index in [9.17, 15) is 4.79 Å². The molecule has 166 valence electrons. The highest BCUT2D eigenvalue weighted by Gasteiger charge is 2.42. The summed E-state index contributed by atoms with van der Waals surface area (Å²) in [5.74, 6) is 1.08. The van der Waals surface area contributed by atoms with E-state index in [1.807, 2.05) is 21.1 Å². The van der Waals surface area contributed by atoms with Crippen LogP contribution in [0.5, 0.6) is 0 Å². The minimum Gasteiger partial charge on any atom is -0.372 e. The van der Waals surface area contributed by atoms with Crippen molar-refractivity contribution in [2.75, 3.05) is 52.7 Å². The number of hydrogen-bond donors (Lipinski definition) is 1. The van der Waals surface area contributed by atoms with E-state index in [1.54, 1.807) is 4.90 Å². The molecule has 1 aromatic rings. The zero-order valence-electron chi connectivity index (χ0n) is 19.3. The van der Waals surface area contributed by atoms with Crippen LogP contribution >= 0.6 is 0 Å². The lowest BCUT2D eigenvalue weighted by Gasteiger charge is -2.33. The van der Waals surface area contributed by atoms with Gasteiger partial charge in [0, 0.05) is 60.1 Å². The lowest BCUT2D eigenvalue weighted by molar-refractivity contribution is -0.138. The molecule has 2 fully saturated rings. The van der Waals surface area contributed by atoms with Gasteiger partial charge in [0.1, 0.15) is 0 Å². The van der Waals surface area contributed by atoms with Gasteiger partial charge >= 0.3 is 0 Å². The van der Waals surface area contributed by atoms with Gasteiger partial charge in [0.15, 0.2) is 5.96 Å². The third kappa shape index (κ3) is 5.27. The minimum absolute atomic E-state index is 0.235. The summed E-state index contributed by atoms with van der Waals surface area (Å²) in [5.41, 5.74) is 2.30. The molecular weight excluding hydrogens is 374 g/mol. The Morgan fingerprint density at radius 1 is 1.03 bits per heavy atom. The Labute approximate surface area is 182 Å². The first-order valence-corrected chi connectivity index (χ1v) is 11.4. The molecule has 1 heterocycles. The standard InChI is InChI=1S/C24H39N5O/c1-25-23(26-19-24(14-6-7-15-24)22(30)27(2)3)28(4)18-20-10-12-21(13-11-20)29-16-8-5-9-17-29/h10-13H,5-9,14-19H2,1-4H3,(H,25,26). The first kappa shape index (κ1) is 22.4. The van der Waals surface area contributed by atoms with Crippen LogP contribution in [0.15, 0.2) is 29.3 Å². The zero-order chi connectivity index (χ0) is 21.6. The molecule has 1 saturated carbocycles. The van der Waals surface area contributed by atoms with Gasteiger partial charge < -0.3 is 20.0 Å². The predicted molar refractivity (Wildman–Crippen MR) is 125 cm³/mol. The van der Waals surface area contributed by atoms with E-state index in [0.717, 1.165) is 38.2 Å². The highest BCUT2D eigenvalue weighted by Crippen LogP contribution is 2.39. The molecule has 1 aliphatic carbocycles. The predicted octanol–water partition coefficient (Wildman–Crippen LogP) is 3.33. The molecule has 0 unspecified atom stereocenters. The molecule has 0 spiro atoms. The summed E-state index contributed by atoms with van der Waals surface area (Å²) in [4.78, 5) is 23.7. The number of carbonyl (C=O) groups is 1. The van der Waals surface area contributed by atoms with Gasteiger partial charge in [0.25, 0.3) is 0 Å². The Kier molecular flexibility index (Phi) is 7.62. The summed E-state index contributed by atoms with van der Waals surface area (Å²) in [7, 11) is 7.59. The van der Waals surface area contributed by atoms with Crippen molar-refractivity contribution in [3.63, 3.8) is 0 Å². The lowest BCUT2D eigenvalue weighted by atomic mass is 9.84. The molecule has 1 N–H and O–H groups in total. The van der Waals surface area contributed by atoms with E-state index in [1.165, 1.54) is 43.6 Å². The molecule has 1 amide bonds. The van der Waals surface area contributed by atoms with Crippen molar-refractivity contribution in [3.05, 3.63) is 29.8 Å². The molecule has 1 aromatic carbocycles. The first-order chi connectivity index (χ1) is 14.4. The quantitative estimate of drug-likeness (QED) is 0.574. The van der Waals surface area contributed by atoms with Gasteiger partial charge in [-0.2, -0.15) is 0 Å². The van der Waals surface area contributed by atoms with E-state index in [-0.39, 0.29) is 11.3 Å². The lowest BCUT2D eigenvalue weighted by Crippen LogP contribution is -2.49. The average Bonchev–Trinajstić information content (AvgIpc) is 3.24. The second kappa shape index (κ2) is 10.2. The van der Waals surface area contributed by atoms with E-state index in [4.69, 9.17) is 0 Å². The van der Waals surface area contributed by atoms with Crippen molar-refractivity contribution in [1.82, 2.24) is 15.1 Å². The fraction of sp³-hybridized carbons (Fsp3) is 0.667. The highest BCUT2D eigenvalue weighted by atomic mass is 16.2. The number of nitrogens with one attached hydrogen (secondary N) is 1. The smallest absolute Gasteiger partial charge is 0.230 e. The summed E-state index contributed by atoms with van der Waals surface area (Å²) in [6.45, 7) is 3.77. The molecule has 0 radical (unpaired) electrons. The number of aliphatic imine (C=N–C) groups is 1. The summed E-state index contributed by atoms with van der Waals surface area (Å²) >= 11 is 0. The van der Waals surface area contributed by atoms with E-state index in [2.05, 4.69) is 51.4 Å². The number of rotatable bonds is 6. The molecule has 1 saturated heterocycles. The first-order valence-electron chi connectivity index (χ1n) is 11.4. The topological polar surface area (TPSA) is 51.2 Å². The summed E-state index contributed by atoms with van der Waals surface area (Å²) < 4.78 is 0. The van der Waals surface area contributed by atoms with E-state index < -0.39 is 0 Å². The van der Waals surface area contributed by atoms with Gasteiger partial charge in [0.2, 0.25) is 5.91 Å². The second-order valence-corrected chi connectivity index (χ2v) is 9.16. The summed E-state index contributed by atoms with van der Waals surface area (Å²) in [6, 6.07) is 8.94. The van der Waals surface area contributed by atoms with Crippen LogP contribution in [-0.2, 0) is 11.3 Å². The van der Waals surface area contributed by atoms with Crippen molar-refractivity contribution in [2.24, 2.45) is 10.4 Å². The maximum absolute atomic E-state index is 12.8. The Bertz CT molecular complexity index is 716. The van der Waals surface area contributed by atoms with Crippen molar-refractivity contribution in [2.45, 2.75) is 51.5 Å². The Hall–Kier alpha value is -2.24. The maximum Gasteiger partial charge on any atom is 0.230 e. The molecule has 0 atom stereocenters. The highest BCUT2D eigenvalue weighted by molar-refractivity contribution is 5.85. The zero-order valence-corrected chi connectivity index (χ0v) is 19.3. The molecular formula is C24H39N5O. The third-order valence-electron chi connectivity index (χ3n) is 6.66. The van der Waals surface area contributed by atoms with E-state index in [0.29, 0.717) is 6.54 Å². The van der Waals surface area contributed by atoms with Crippen molar-refractivity contribution in [3.8, 4) is 0 Å². The number of piperidine rings is 1. The van der Waals surface area contributed by atoms with Crippen LogP contribution in [0.25, 0.3) is 0 Å². The molecule has 6 nitrogen and oxygen atoms in total. The molecule has 0 aromatic heterocycles. The number of amides is 1. The molecule has 0 bridgehead atoms. The molecule has 30 heavy (non-hydrogen) atoms. The summed E-state index contributed by atoms with van der Waals surface area (Å²) in [6.07, 6.45) is 8.10. The average molecular weight is 414 g/mol. The van der Waals surface area contributed by atoms with Gasteiger partial charge in [-0.05, 0) is 49.8 Å². The monoisotopic (exact) mass is 413 g/mol. The largest absolute Gasteiger partial charge is 0.372 e. The molecule has 2 aliphatic rings. The Morgan fingerprint density at radius 3 is 2.23 bits per heavy atom. The Balaban J connectivity index is 1.58. The van der Waals surface area contributed by atoms with Crippen LogP contribution in [0.4, 0.5) is 5.69 Å². The van der Waals surface area contributed by atoms with Gasteiger partial charge in [-0.25, -0.2) is 0 Å².